The highest BCUT2D eigenvalue weighted by Crippen LogP contribution is 2.39. The van der Waals surface area contributed by atoms with E-state index in [2.05, 4.69) is 16.2 Å². The molecular weight excluding hydrogens is 537 g/mol. The first-order valence-electron chi connectivity index (χ1n) is 14.6. The molecule has 2 fully saturated rings. The van der Waals surface area contributed by atoms with Crippen molar-refractivity contribution in [1.82, 2.24) is 26.0 Å². The molecule has 0 saturated carbocycles. The maximum atomic E-state index is 14.1. The first-order valence-corrected chi connectivity index (χ1v) is 14.6. The molecule has 2 aromatic carbocycles. The van der Waals surface area contributed by atoms with E-state index in [0.29, 0.717) is 30.4 Å². The summed E-state index contributed by atoms with van der Waals surface area (Å²) >= 11 is 0. The summed E-state index contributed by atoms with van der Waals surface area (Å²) in [6.45, 7) is 8.97. The molecule has 0 spiro atoms. The zero-order chi connectivity index (χ0) is 30.7. The molecule has 6 atom stereocenters. The van der Waals surface area contributed by atoms with Crippen molar-refractivity contribution < 1.29 is 23.6 Å². The van der Waals surface area contributed by atoms with Gasteiger partial charge in [0.25, 0.3) is 5.91 Å². The third-order valence-corrected chi connectivity index (χ3v) is 8.82. The van der Waals surface area contributed by atoms with Gasteiger partial charge in [-0.25, -0.2) is 9.82 Å². The van der Waals surface area contributed by atoms with Crippen LogP contribution < -0.4 is 16.2 Å². The fraction of sp³-hybridized carbons (Fsp3) is 0.500. The fourth-order valence-electron chi connectivity index (χ4n) is 6.18. The second-order valence-electron chi connectivity index (χ2n) is 11.8. The number of hydrogen-bond acceptors (Lipinski definition) is 5. The van der Waals surface area contributed by atoms with E-state index in [0.717, 1.165) is 17.5 Å². The summed E-state index contributed by atoms with van der Waals surface area (Å²) in [5, 5.41) is 2.85. The first kappa shape index (κ1) is 31.2. The van der Waals surface area contributed by atoms with Crippen LogP contribution in [0.25, 0.3) is 0 Å². The zero-order valence-electron chi connectivity index (χ0n) is 25.2. The van der Waals surface area contributed by atoms with Gasteiger partial charge in [-0.3, -0.25) is 24.6 Å². The lowest BCUT2D eigenvalue weighted by Crippen LogP contribution is -2.54. The van der Waals surface area contributed by atoms with Gasteiger partial charge in [0, 0.05) is 37.5 Å². The highest BCUT2D eigenvalue weighted by atomic mass is 19.1. The number of carbonyl (C=O) groups is 4. The van der Waals surface area contributed by atoms with Gasteiger partial charge in [-0.05, 0) is 94.3 Å². The Balaban J connectivity index is 1.50. The monoisotopic (exact) mass is 579 g/mol. The Morgan fingerprint density at radius 1 is 1.14 bits per heavy atom. The lowest BCUT2D eigenvalue weighted by molar-refractivity contribution is -0.140. The Morgan fingerprint density at radius 2 is 1.88 bits per heavy atom. The van der Waals surface area contributed by atoms with Crippen molar-refractivity contribution in [3.63, 3.8) is 0 Å². The molecule has 2 aliphatic rings. The second kappa shape index (κ2) is 13.0. The van der Waals surface area contributed by atoms with Gasteiger partial charge < -0.3 is 15.1 Å². The molecule has 2 saturated heterocycles. The molecule has 2 unspecified atom stereocenters. The van der Waals surface area contributed by atoms with Crippen molar-refractivity contribution in [2.24, 2.45) is 5.92 Å². The Morgan fingerprint density at radius 3 is 2.55 bits per heavy atom. The van der Waals surface area contributed by atoms with Crippen LogP contribution in [-0.2, 0) is 20.8 Å². The number of likely N-dealkylation sites (tertiary alicyclic amines) is 1. The van der Waals surface area contributed by atoms with E-state index in [4.69, 9.17) is 0 Å². The number of amides is 4. The van der Waals surface area contributed by atoms with Gasteiger partial charge >= 0.3 is 0 Å². The molecule has 0 radical (unpaired) electrons. The van der Waals surface area contributed by atoms with E-state index in [1.165, 1.54) is 19.1 Å². The minimum absolute atomic E-state index is 0.0396. The molecular formula is C32H42FN5O4. The normalized spacial score (nSPS) is 23.6. The van der Waals surface area contributed by atoms with Crippen LogP contribution in [0.5, 0.6) is 0 Å². The molecule has 10 heteroatoms. The van der Waals surface area contributed by atoms with Crippen LogP contribution in [0.15, 0.2) is 42.5 Å². The molecule has 0 aliphatic carbocycles. The van der Waals surface area contributed by atoms with Crippen LogP contribution >= 0.6 is 0 Å². The van der Waals surface area contributed by atoms with E-state index in [-0.39, 0.29) is 59.5 Å². The average Bonchev–Trinajstić information content (AvgIpc) is 3.39. The molecule has 9 nitrogen and oxygen atoms in total. The Labute approximate surface area is 247 Å². The van der Waals surface area contributed by atoms with E-state index in [1.54, 1.807) is 48.0 Å². The summed E-state index contributed by atoms with van der Waals surface area (Å²) in [5.41, 5.74) is 8.66. The third-order valence-electron chi connectivity index (χ3n) is 8.82. The number of nitrogens with zero attached hydrogens (tertiary/aromatic N) is 2. The van der Waals surface area contributed by atoms with Crippen LogP contribution in [0, 0.1) is 18.7 Å². The van der Waals surface area contributed by atoms with Crippen LogP contribution in [-0.4, -0.2) is 64.6 Å². The Kier molecular flexibility index (Phi) is 9.66. The number of likely N-dealkylation sites (N-methyl/N-ethyl adjacent to an activating group) is 1. The van der Waals surface area contributed by atoms with Crippen LogP contribution in [0.2, 0.25) is 0 Å². The van der Waals surface area contributed by atoms with Crippen molar-refractivity contribution >= 4 is 23.6 Å². The van der Waals surface area contributed by atoms with Crippen molar-refractivity contribution in [1.29, 1.82) is 0 Å². The smallest absolute Gasteiger partial charge is 0.251 e. The summed E-state index contributed by atoms with van der Waals surface area (Å²) < 4.78 is 14.1. The van der Waals surface area contributed by atoms with Crippen LogP contribution in [0.1, 0.15) is 80.0 Å². The molecule has 226 valence electrons. The lowest BCUT2D eigenvalue weighted by Gasteiger charge is -2.38. The number of carbonyl (C=O) groups excluding carboxylic acids is 4. The maximum Gasteiger partial charge on any atom is 0.251 e. The number of halogens is 1. The minimum Gasteiger partial charge on any atom is -0.341 e. The summed E-state index contributed by atoms with van der Waals surface area (Å²) in [6.07, 6.45) is 2.55. The molecule has 4 amide bonds. The van der Waals surface area contributed by atoms with Crippen molar-refractivity contribution in [3.8, 4) is 0 Å². The van der Waals surface area contributed by atoms with Gasteiger partial charge in [-0.2, -0.15) is 0 Å². The molecule has 0 aromatic heterocycles. The molecule has 2 aromatic rings. The van der Waals surface area contributed by atoms with Gasteiger partial charge in [-0.15, -0.1) is 0 Å². The largest absolute Gasteiger partial charge is 0.341 e. The Hall–Kier alpha value is -3.79. The molecule has 3 N–H and O–H groups in total. The third kappa shape index (κ3) is 6.81. The maximum absolute atomic E-state index is 14.1. The molecule has 4 rings (SSSR count). The van der Waals surface area contributed by atoms with Crippen LogP contribution in [0.3, 0.4) is 0 Å². The van der Waals surface area contributed by atoms with Crippen molar-refractivity contribution in [3.05, 3.63) is 70.5 Å². The average molecular weight is 580 g/mol. The number of hydrogen-bond donors (Lipinski definition) is 3. The zero-order valence-corrected chi connectivity index (χ0v) is 25.2. The van der Waals surface area contributed by atoms with E-state index in [1.807, 2.05) is 26.8 Å². The van der Waals surface area contributed by atoms with Crippen molar-refractivity contribution in [2.45, 2.75) is 90.5 Å². The molecule has 0 bridgehead atoms. The highest BCUT2D eigenvalue weighted by Gasteiger charge is 2.43. The van der Waals surface area contributed by atoms with E-state index in [9.17, 15) is 23.6 Å². The minimum atomic E-state index is -0.858. The number of aryl methyl sites for hydroxylation is 1. The van der Waals surface area contributed by atoms with Gasteiger partial charge in [0.15, 0.2) is 0 Å². The molecule has 2 aliphatic heterocycles. The van der Waals surface area contributed by atoms with E-state index >= 15 is 0 Å². The fourth-order valence-corrected chi connectivity index (χ4v) is 6.18. The molecule has 2 heterocycles. The second-order valence-corrected chi connectivity index (χ2v) is 11.8. The SMILES string of the molecule is CC(=O)N(C)[C@@H](C)[C@H]1CC[C@@H](c2cccc(F)c2)N1C(=O)[C@@H](C)NC(=O)c1ccc(CC2CC(C)NNC2=O)c(C)c1. The topological polar surface area (TPSA) is 111 Å². The van der Waals surface area contributed by atoms with Gasteiger partial charge in [0.05, 0.1) is 12.1 Å². The number of benzene rings is 2. The summed E-state index contributed by atoms with van der Waals surface area (Å²) in [4.78, 5) is 55.0. The van der Waals surface area contributed by atoms with Gasteiger partial charge in [0.1, 0.15) is 11.9 Å². The van der Waals surface area contributed by atoms with Crippen LogP contribution in [0.4, 0.5) is 4.39 Å². The number of hydrazine groups is 1. The lowest BCUT2D eigenvalue weighted by atomic mass is 9.89. The quantitative estimate of drug-likeness (QED) is 0.444. The standard InChI is InChI=1S/C32H42FN5O4/c1-18-14-25(11-10-23(18)16-26-15-19(2)35-36-31(26)41)30(40)34-20(3)32(42)38-28(21(4)37(6)22(5)39)12-13-29(38)24-8-7-9-27(33)17-24/h7-11,14,17,19-21,26,28-29,35H,12-13,15-16H2,1-6H3,(H,34,40)(H,36,41)/t19?,20-,21+,26?,28-,29+/m1/s1. The highest BCUT2D eigenvalue weighted by molar-refractivity contribution is 5.97. The van der Waals surface area contributed by atoms with Crippen molar-refractivity contribution in [2.75, 3.05) is 7.05 Å². The number of nitrogens with one attached hydrogen (secondary N) is 3. The predicted octanol–water partition coefficient (Wildman–Crippen LogP) is 3.42. The number of rotatable bonds is 8. The predicted molar refractivity (Wildman–Crippen MR) is 158 cm³/mol. The first-order chi connectivity index (χ1) is 19.9. The summed E-state index contributed by atoms with van der Waals surface area (Å²) in [6, 6.07) is 9.98. The summed E-state index contributed by atoms with van der Waals surface area (Å²) in [7, 11) is 1.71. The molecule has 42 heavy (non-hydrogen) atoms. The van der Waals surface area contributed by atoms with E-state index < -0.39 is 6.04 Å². The van der Waals surface area contributed by atoms with Gasteiger partial charge in [0.2, 0.25) is 17.7 Å². The van der Waals surface area contributed by atoms with Gasteiger partial charge in [-0.1, -0.05) is 18.2 Å². The Bertz CT molecular complexity index is 1350. The summed E-state index contributed by atoms with van der Waals surface area (Å²) in [5.74, 6) is -1.36.